The van der Waals surface area contributed by atoms with E-state index in [0.29, 0.717) is 12.5 Å². The molecule has 2 rings (SSSR count). The van der Waals surface area contributed by atoms with Crippen LogP contribution < -0.4 is 10.6 Å². The summed E-state index contributed by atoms with van der Waals surface area (Å²) in [6.07, 6.45) is 3.00. The van der Waals surface area contributed by atoms with Crippen molar-refractivity contribution in [2.75, 3.05) is 30.8 Å². The molecule has 1 aromatic rings. The average Bonchev–Trinajstić information content (AvgIpc) is 2.48. The minimum absolute atomic E-state index is 0.0514. The maximum Gasteiger partial charge on any atom is 0.224 e. The molecular weight excluding hydrogens is 262 g/mol. The highest BCUT2D eigenvalue weighted by Gasteiger charge is 2.22. The molecule has 116 valence electrons. The highest BCUT2D eigenvalue weighted by atomic mass is 16.1. The quantitative estimate of drug-likeness (QED) is 0.875. The number of benzene rings is 1. The molecule has 4 heteroatoms. The number of likely N-dealkylation sites (tertiary alicyclic amines) is 1. The van der Waals surface area contributed by atoms with E-state index in [1.165, 1.54) is 25.9 Å². The van der Waals surface area contributed by atoms with E-state index in [2.05, 4.69) is 35.6 Å². The van der Waals surface area contributed by atoms with Crippen LogP contribution in [0.4, 0.5) is 11.4 Å². The number of hydrogen-bond acceptors (Lipinski definition) is 3. The highest BCUT2D eigenvalue weighted by Crippen LogP contribution is 2.23. The van der Waals surface area contributed by atoms with Gasteiger partial charge < -0.3 is 15.5 Å². The average molecular weight is 289 g/mol. The minimum atomic E-state index is 0.0514. The van der Waals surface area contributed by atoms with Gasteiger partial charge in [0, 0.05) is 23.8 Å². The molecule has 4 nitrogen and oxygen atoms in total. The number of carbonyl (C=O) groups excluding carboxylic acids is 1. The number of hydrogen-bond donors (Lipinski definition) is 2. The van der Waals surface area contributed by atoms with Crippen LogP contribution in [0.15, 0.2) is 24.3 Å². The Bertz CT molecular complexity index is 467. The normalized spacial score (nSPS) is 18.2. The Morgan fingerprint density at radius 2 is 2.00 bits per heavy atom. The molecule has 0 spiro atoms. The van der Waals surface area contributed by atoms with Gasteiger partial charge in [-0.25, -0.2) is 0 Å². The van der Waals surface area contributed by atoms with Gasteiger partial charge in [0.25, 0.3) is 0 Å². The Labute approximate surface area is 127 Å². The number of nitrogens with one attached hydrogen (secondary N) is 2. The molecule has 0 aromatic heterocycles. The summed E-state index contributed by atoms with van der Waals surface area (Å²) in [5.41, 5.74) is 1.94. The third-order valence-electron chi connectivity index (χ3n) is 4.33. The fourth-order valence-electron chi connectivity index (χ4n) is 2.85. The molecule has 0 saturated carbocycles. The molecule has 1 saturated heterocycles. The molecule has 21 heavy (non-hydrogen) atoms. The molecule has 2 N–H and O–H groups in total. The maximum atomic E-state index is 11.5. The number of amides is 1. The first-order valence-electron chi connectivity index (χ1n) is 7.93. The fourth-order valence-corrected chi connectivity index (χ4v) is 2.85. The predicted molar refractivity (Wildman–Crippen MR) is 88.7 cm³/mol. The topological polar surface area (TPSA) is 44.4 Å². The predicted octanol–water partition coefficient (Wildman–Crippen LogP) is 3.18. The first-order valence-corrected chi connectivity index (χ1v) is 7.93. The van der Waals surface area contributed by atoms with Gasteiger partial charge in [-0.2, -0.15) is 0 Å². The molecule has 1 amide bonds. The smallest absolute Gasteiger partial charge is 0.224 e. The summed E-state index contributed by atoms with van der Waals surface area (Å²) in [7, 11) is 2.19. The first-order chi connectivity index (χ1) is 10.1. The van der Waals surface area contributed by atoms with Crippen molar-refractivity contribution >= 4 is 17.3 Å². The summed E-state index contributed by atoms with van der Waals surface area (Å²) in [5, 5.41) is 6.49. The lowest BCUT2D eigenvalue weighted by molar-refractivity contribution is -0.115. The molecule has 1 aliphatic rings. The van der Waals surface area contributed by atoms with Crippen molar-refractivity contribution in [1.82, 2.24) is 4.90 Å². The van der Waals surface area contributed by atoms with E-state index in [9.17, 15) is 4.79 Å². The Morgan fingerprint density at radius 3 is 2.67 bits per heavy atom. The largest absolute Gasteiger partial charge is 0.382 e. The summed E-state index contributed by atoms with van der Waals surface area (Å²) in [6, 6.07) is 8.44. The van der Waals surface area contributed by atoms with Crippen LogP contribution in [0, 0.1) is 5.92 Å². The lowest BCUT2D eigenvalue weighted by Crippen LogP contribution is -2.37. The van der Waals surface area contributed by atoms with Crippen LogP contribution in [-0.2, 0) is 4.79 Å². The summed E-state index contributed by atoms with van der Waals surface area (Å²) in [6.45, 7) is 6.49. The monoisotopic (exact) mass is 289 g/mol. The van der Waals surface area contributed by atoms with E-state index < -0.39 is 0 Å². The SMILES string of the molecule is CCC(=O)Nc1cccc(NC(C)C2CCN(C)CC2)c1. The lowest BCUT2D eigenvalue weighted by Gasteiger charge is -2.33. The number of nitrogens with zero attached hydrogens (tertiary/aromatic N) is 1. The number of piperidine rings is 1. The Morgan fingerprint density at radius 1 is 1.33 bits per heavy atom. The van der Waals surface area contributed by atoms with E-state index in [4.69, 9.17) is 0 Å². The lowest BCUT2D eigenvalue weighted by atomic mass is 9.90. The first kappa shape index (κ1) is 15.8. The molecule has 1 atom stereocenters. The van der Waals surface area contributed by atoms with Crippen molar-refractivity contribution in [2.24, 2.45) is 5.92 Å². The van der Waals surface area contributed by atoms with Gasteiger partial charge in [0.05, 0.1) is 0 Å². The molecule has 0 aliphatic carbocycles. The van der Waals surface area contributed by atoms with Gasteiger partial charge in [-0.05, 0) is 64.0 Å². The fraction of sp³-hybridized carbons (Fsp3) is 0.588. The Kier molecular flexibility index (Phi) is 5.62. The van der Waals surface area contributed by atoms with E-state index in [0.717, 1.165) is 17.3 Å². The van der Waals surface area contributed by atoms with Crippen molar-refractivity contribution in [1.29, 1.82) is 0 Å². The number of anilines is 2. The van der Waals surface area contributed by atoms with Gasteiger partial charge in [-0.3, -0.25) is 4.79 Å². The summed E-state index contributed by atoms with van der Waals surface area (Å²) in [4.78, 5) is 13.8. The summed E-state index contributed by atoms with van der Waals surface area (Å²) in [5.74, 6) is 0.769. The molecular formula is C17H27N3O. The number of carbonyl (C=O) groups is 1. The summed E-state index contributed by atoms with van der Waals surface area (Å²) >= 11 is 0. The second-order valence-electron chi connectivity index (χ2n) is 6.06. The van der Waals surface area contributed by atoms with Crippen LogP contribution in [0.5, 0.6) is 0 Å². The van der Waals surface area contributed by atoms with Gasteiger partial charge >= 0.3 is 0 Å². The van der Waals surface area contributed by atoms with Crippen molar-refractivity contribution < 1.29 is 4.79 Å². The van der Waals surface area contributed by atoms with Crippen LogP contribution in [0.1, 0.15) is 33.1 Å². The maximum absolute atomic E-state index is 11.5. The van der Waals surface area contributed by atoms with Crippen LogP contribution in [0.25, 0.3) is 0 Å². The third kappa shape index (κ3) is 4.74. The van der Waals surface area contributed by atoms with E-state index in [1.807, 2.05) is 25.1 Å². The second kappa shape index (κ2) is 7.46. The number of rotatable bonds is 5. The second-order valence-corrected chi connectivity index (χ2v) is 6.06. The zero-order chi connectivity index (χ0) is 15.2. The minimum Gasteiger partial charge on any atom is -0.382 e. The molecule has 0 radical (unpaired) electrons. The van der Waals surface area contributed by atoms with Crippen molar-refractivity contribution in [3.05, 3.63) is 24.3 Å². The molecule has 1 unspecified atom stereocenters. The van der Waals surface area contributed by atoms with E-state index in [1.54, 1.807) is 0 Å². The van der Waals surface area contributed by atoms with E-state index >= 15 is 0 Å². The molecule has 1 heterocycles. The van der Waals surface area contributed by atoms with Crippen LogP contribution in [-0.4, -0.2) is 37.0 Å². The third-order valence-corrected chi connectivity index (χ3v) is 4.33. The van der Waals surface area contributed by atoms with Crippen LogP contribution in [0.2, 0.25) is 0 Å². The zero-order valence-corrected chi connectivity index (χ0v) is 13.4. The van der Waals surface area contributed by atoms with Crippen molar-refractivity contribution in [3.63, 3.8) is 0 Å². The van der Waals surface area contributed by atoms with Crippen molar-refractivity contribution in [2.45, 2.75) is 39.2 Å². The Hall–Kier alpha value is -1.55. The van der Waals surface area contributed by atoms with E-state index in [-0.39, 0.29) is 5.91 Å². The van der Waals surface area contributed by atoms with Crippen molar-refractivity contribution in [3.8, 4) is 0 Å². The standard InChI is InChI=1S/C17H27N3O/c1-4-17(21)19-16-7-5-6-15(12-16)18-13(2)14-8-10-20(3)11-9-14/h5-7,12-14,18H,4,8-11H2,1-3H3,(H,19,21). The van der Waals surface area contributed by atoms with Crippen LogP contribution in [0.3, 0.4) is 0 Å². The highest BCUT2D eigenvalue weighted by molar-refractivity contribution is 5.90. The van der Waals surface area contributed by atoms with Gasteiger partial charge in [0.2, 0.25) is 5.91 Å². The van der Waals surface area contributed by atoms with Crippen LogP contribution >= 0.6 is 0 Å². The summed E-state index contributed by atoms with van der Waals surface area (Å²) < 4.78 is 0. The van der Waals surface area contributed by atoms with Gasteiger partial charge in [-0.15, -0.1) is 0 Å². The molecule has 1 aromatic carbocycles. The van der Waals surface area contributed by atoms with Gasteiger partial charge in [0.15, 0.2) is 0 Å². The molecule has 1 fully saturated rings. The zero-order valence-electron chi connectivity index (χ0n) is 13.4. The molecule has 0 bridgehead atoms. The Balaban J connectivity index is 1.92. The molecule has 1 aliphatic heterocycles. The van der Waals surface area contributed by atoms with Gasteiger partial charge in [-0.1, -0.05) is 13.0 Å². The van der Waals surface area contributed by atoms with Gasteiger partial charge in [0.1, 0.15) is 0 Å².